The van der Waals surface area contributed by atoms with Gasteiger partial charge in [0.1, 0.15) is 0 Å². The van der Waals surface area contributed by atoms with Crippen LogP contribution >= 0.6 is 11.6 Å². The van der Waals surface area contributed by atoms with Gasteiger partial charge in [-0.15, -0.1) is 0 Å². The number of pyridine rings is 2. The van der Waals surface area contributed by atoms with E-state index >= 15 is 0 Å². The van der Waals surface area contributed by atoms with Gasteiger partial charge in [0, 0.05) is 24.5 Å². The number of fused-ring (bicyclic) bond motifs is 1. The minimum atomic E-state index is -3.46. The summed E-state index contributed by atoms with van der Waals surface area (Å²) in [7, 11) is -3.46. The van der Waals surface area contributed by atoms with Crippen molar-refractivity contribution < 1.29 is 8.42 Å². The molecule has 0 bridgehead atoms. The van der Waals surface area contributed by atoms with Crippen LogP contribution in [0.15, 0.2) is 40.6 Å². The van der Waals surface area contributed by atoms with Gasteiger partial charge in [-0.1, -0.05) is 11.6 Å². The Morgan fingerprint density at radius 2 is 2.10 bits per heavy atom. The van der Waals surface area contributed by atoms with Gasteiger partial charge in [0.25, 0.3) is 0 Å². The SMILES string of the molecule is CC(C)(NC1=NCC(c2cnc3[nH]nc(NS(C)(=O)=O)c3c2)C=N1)c1ncccc1Cl. The van der Waals surface area contributed by atoms with Gasteiger partial charge in [0.2, 0.25) is 16.0 Å². The molecule has 4 rings (SSSR count). The molecule has 1 atom stereocenters. The first-order chi connectivity index (χ1) is 14.6. The number of rotatable bonds is 5. The summed E-state index contributed by atoms with van der Waals surface area (Å²) in [5.74, 6) is 0.587. The lowest BCUT2D eigenvalue weighted by Gasteiger charge is -2.28. The highest BCUT2D eigenvalue weighted by Gasteiger charge is 2.27. The minimum absolute atomic E-state index is 0.106. The molecule has 162 valence electrons. The first-order valence-electron chi connectivity index (χ1n) is 9.42. The van der Waals surface area contributed by atoms with Crippen molar-refractivity contribution in [2.24, 2.45) is 9.98 Å². The quantitative estimate of drug-likeness (QED) is 0.534. The number of nitrogens with zero attached hydrogens (tertiary/aromatic N) is 5. The fourth-order valence-corrected chi connectivity index (χ4v) is 4.12. The third kappa shape index (κ3) is 4.67. The normalized spacial score (nSPS) is 16.9. The van der Waals surface area contributed by atoms with Crippen LogP contribution in [0, 0.1) is 0 Å². The molecule has 10 nitrogen and oxygen atoms in total. The van der Waals surface area contributed by atoms with E-state index in [-0.39, 0.29) is 11.7 Å². The summed E-state index contributed by atoms with van der Waals surface area (Å²) >= 11 is 6.28. The molecule has 0 aromatic carbocycles. The van der Waals surface area contributed by atoms with Crippen LogP contribution in [-0.2, 0) is 15.6 Å². The van der Waals surface area contributed by atoms with Crippen molar-refractivity contribution in [3.8, 4) is 0 Å². The van der Waals surface area contributed by atoms with Crippen LogP contribution in [0.5, 0.6) is 0 Å². The highest BCUT2D eigenvalue weighted by molar-refractivity contribution is 7.92. The monoisotopic (exact) mass is 460 g/mol. The van der Waals surface area contributed by atoms with Crippen LogP contribution in [0.2, 0.25) is 5.02 Å². The van der Waals surface area contributed by atoms with Crippen molar-refractivity contribution in [2.45, 2.75) is 25.3 Å². The molecule has 0 fully saturated rings. The van der Waals surface area contributed by atoms with Crippen LogP contribution in [-0.4, -0.2) is 53.6 Å². The van der Waals surface area contributed by atoms with E-state index in [1.165, 1.54) is 0 Å². The number of anilines is 1. The number of guanidine groups is 1. The molecule has 1 unspecified atom stereocenters. The second-order valence-electron chi connectivity index (χ2n) is 7.74. The summed E-state index contributed by atoms with van der Waals surface area (Å²) in [6.07, 6.45) is 6.25. The maximum absolute atomic E-state index is 11.6. The van der Waals surface area contributed by atoms with Gasteiger partial charge in [-0.2, -0.15) is 5.10 Å². The van der Waals surface area contributed by atoms with E-state index in [0.717, 1.165) is 11.8 Å². The molecule has 0 saturated heterocycles. The van der Waals surface area contributed by atoms with Gasteiger partial charge < -0.3 is 5.32 Å². The zero-order chi connectivity index (χ0) is 22.2. The molecule has 1 aliphatic heterocycles. The summed E-state index contributed by atoms with van der Waals surface area (Å²) in [4.78, 5) is 17.7. The van der Waals surface area contributed by atoms with Crippen molar-refractivity contribution in [3.63, 3.8) is 0 Å². The van der Waals surface area contributed by atoms with Gasteiger partial charge in [0.05, 0.1) is 34.4 Å². The molecule has 0 spiro atoms. The first-order valence-corrected chi connectivity index (χ1v) is 11.7. The summed E-state index contributed by atoms with van der Waals surface area (Å²) in [5, 5.41) is 11.1. The Bertz CT molecular complexity index is 1300. The Morgan fingerprint density at radius 1 is 1.29 bits per heavy atom. The molecule has 3 aromatic rings. The number of sulfonamides is 1. The maximum atomic E-state index is 11.6. The number of nitrogens with one attached hydrogen (secondary N) is 3. The van der Waals surface area contributed by atoms with Gasteiger partial charge in [-0.05, 0) is 37.6 Å². The molecule has 3 aromatic heterocycles. The average molecular weight is 461 g/mol. The summed E-state index contributed by atoms with van der Waals surface area (Å²) < 4.78 is 25.5. The lowest BCUT2D eigenvalue weighted by atomic mass is 9.99. The molecule has 4 heterocycles. The number of hydrogen-bond donors (Lipinski definition) is 3. The van der Waals surface area contributed by atoms with E-state index in [0.29, 0.717) is 34.3 Å². The first kappa shape index (κ1) is 21.2. The second kappa shape index (κ2) is 7.89. The van der Waals surface area contributed by atoms with Crippen LogP contribution in [0.25, 0.3) is 11.0 Å². The van der Waals surface area contributed by atoms with Gasteiger partial charge in [-0.3, -0.25) is 19.8 Å². The topological polar surface area (TPSA) is 137 Å². The molecule has 0 amide bonds. The molecular weight excluding hydrogens is 440 g/mol. The number of aliphatic imine (C=N–C) groups is 2. The maximum Gasteiger partial charge on any atom is 0.231 e. The Balaban J connectivity index is 1.52. The standard InChI is InChI=1S/C19H21ClN8O2S/c1-19(2,15-14(20)5-4-6-21-15)25-18-23-9-12(10-24-18)11-7-13-16(22-8-11)26-27-17(13)28-31(3,29)30/h4-9,12H,10H2,1-3H3,(H,24,25)(H2,22,26,27,28). The van der Waals surface area contributed by atoms with Crippen molar-refractivity contribution in [2.75, 3.05) is 17.5 Å². The fraction of sp³-hybridized carbons (Fsp3) is 0.316. The minimum Gasteiger partial charge on any atom is -0.344 e. The molecule has 1 aliphatic rings. The van der Waals surface area contributed by atoms with Crippen molar-refractivity contribution >= 4 is 50.6 Å². The number of H-pyrrole nitrogens is 1. The van der Waals surface area contributed by atoms with Crippen LogP contribution < -0.4 is 10.0 Å². The van der Waals surface area contributed by atoms with Crippen molar-refractivity contribution in [1.82, 2.24) is 25.5 Å². The zero-order valence-electron chi connectivity index (χ0n) is 17.1. The molecular formula is C19H21ClN8O2S. The Labute approximate surface area is 184 Å². The highest BCUT2D eigenvalue weighted by atomic mass is 35.5. The van der Waals surface area contributed by atoms with Gasteiger partial charge in [0.15, 0.2) is 11.5 Å². The average Bonchev–Trinajstić information content (AvgIpc) is 3.09. The Hall–Kier alpha value is -3.05. The predicted molar refractivity (Wildman–Crippen MR) is 121 cm³/mol. The molecule has 31 heavy (non-hydrogen) atoms. The molecule has 3 N–H and O–H groups in total. The van der Waals surface area contributed by atoms with E-state index in [9.17, 15) is 8.42 Å². The van der Waals surface area contributed by atoms with E-state index in [4.69, 9.17) is 11.6 Å². The van der Waals surface area contributed by atoms with Crippen LogP contribution in [0.4, 0.5) is 5.82 Å². The molecule has 0 saturated carbocycles. The van der Waals surface area contributed by atoms with Crippen molar-refractivity contribution in [3.05, 3.63) is 46.9 Å². The highest BCUT2D eigenvalue weighted by Crippen LogP contribution is 2.27. The lowest BCUT2D eigenvalue weighted by Crippen LogP contribution is -2.42. The third-order valence-electron chi connectivity index (χ3n) is 4.74. The van der Waals surface area contributed by atoms with E-state index in [1.807, 2.05) is 19.9 Å². The van der Waals surface area contributed by atoms with Crippen LogP contribution in [0.1, 0.15) is 31.0 Å². The molecule has 0 radical (unpaired) electrons. The van der Waals surface area contributed by atoms with E-state index < -0.39 is 15.6 Å². The zero-order valence-corrected chi connectivity index (χ0v) is 18.7. The Morgan fingerprint density at radius 3 is 2.77 bits per heavy atom. The fourth-order valence-electron chi connectivity index (χ4n) is 3.26. The van der Waals surface area contributed by atoms with Crippen LogP contribution in [0.3, 0.4) is 0 Å². The van der Waals surface area contributed by atoms with E-state index in [2.05, 4.69) is 40.2 Å². The van der Waals surface area contributed by atoms with Gasteiger partial charge in [-0.25, -0.2) is 18.4 Å². The Kier molecular flexibility index (Phi) is 5.40. The van der Waals surface area contributed by atoms with Gasteiger partial charge >= 0.3 is 0 Å². The summed E-state index contributed by atoms with van der Waals surface area (Å²) in [5.41, 5.74) is 1.48. The predicted octanol–water partition coefficient (Wildman–Crippen LogP) is 2.43. The smallest absolute Gasteiger partial charge is 0.231 e. The largest absolute Gasteiger partial charge is 0.344 e. The number of hydrogen-bond acceptors (Lipinski definition) is 8. The summed E-state index contributed by atoms with van der Waals surface area (Å²) in [6.45, 7) is 4.37. The van der Waals surface area contributed by atoms with Crippen molar-refractivity contribution in [1.29, 1.82) is 0 Å². The number of aromatic amines is 1. The summed E-state index contributed by atoms with van der Waals surface area (Å²) in [6, 6.07) is 5.41. The lowest BCUT2D eigenvalue weighted by molar-refractivity contribution is 0.467. The molecule has 0 aliphatic carbocycles. The number of halogens is 1. The number of aromatic nitrogens is 4. The third-order valence-corrected chi connectivity index (χ3v) is 5.61. The van der Waals surface area contributed by atoms with E-state index in [1.54, 1.807) is 30.7 Å². The second-order valence-corrected chi connectivity index (χ2v) is 9.90. The molecule has 12 heteroatoms.